The van der Waals surface area contributed by atoms with Crippen LogP contribution >= 0.6 is 11.8 Å². The predicted molar refractivity (Wildman–Crippen MR) is 133 cm³/mol. The first-order valence-electron chi connectivity index (χ1n) is 10.3. The van der Waals surface area contributed by atoms with E-state index in [2.05, 4.69) is 4.99 Å². The Kier molecular flexibility index (Phi) is 6.93. The maximum Gasteiger partial charge on any atom is 0.283 e. The Labute approximate surface area is 200 Å². The van der Waals surface area contributed by atoms with Gasteiger partial charge in [-0.1, -0.05) is 42.1 Å². The van der Waals surface area contributed by atoms with E-state index >= 15 is 0 Å². The Hall–Kier alpha value is -4.11. The standard InChI is InChI=1S/C25H21N3O5S/c1-32-21-11-9-17(10-12-21)14-23-24(29)27(19-6-4-8-22(15-19)33-2)25(26-23)34-16-18-5-3-7-20(13-18)28(30)31/h3-15H,16H2,1-2H3. The number of carbonyl (C=O) groups excluding carboxylic acids is 1. The van der Waals surface area contributed by atoms with Crippen LogP contribution in [0.15, 0.2) is 83.5 Å². The third-order valence-corrected chi connectivity index (χ3v) is 6.06. The lowest BCUT2D eigenvalue weighted by Crippen LogP contribution is -2.30. The minimum absolute atomic E-state index is 0.0206. The van der Waals surface area contributed by atoms with Crippen molar-refractivity contribution in [1.29, 1.82) is 0 Å². The summed E-state index contributed by atoms with van der Waals surface area (Å²) in [5, 5.41) is 11.6. The summed E-state index contributed by atoms with van der Waals surface area (Å²) in [6.07, 6.45) is 1.72. The molecule has 0 fully saturated rings. The van der Waals surface area contributed by atoms with E-state index in [1.165, 1.54) is 28.8 Å². The van der Waals surface area contributed by atoms with E-state index in [1.807, 2.05) is 24.3 Å². The van der Waals surface area contributed by atoms with Crippen molar-refractivity contribution in [2.24, 2.45) is 4.99 Å². The number of amides is 1. The molecule has 0 spiro atoms. The number of ether oxygens (including phenoxy) is 2. The van der Waals surface area contributed by atoms with E-state index in [0.717, 1.165) is 16.9 Å². The van der Waals surface area contributed by atoms with Crippen LogP contribution in [0.25, 0.3) is 6.08 Å². The Bertz CT molecular complexity index is 1290. The molecule has 4 rings (SSSR count). The normalized spacial score (nSPS) is 14.3. The average Bonchev–Trinajstić information content (AvgIpc) is 3.18. The molecule has 0 aliphatic carbocycles. The maximum atomic E-state index is 13.4. The average molecular weight is 476 g/mol. The highest BCUT2D eigenvalue weighted by molar-refractivity contribution is 8.13. The quantitative estimate of drug-likeness (QED) is 0.262. The molecule has 0 N–H and O–H groups in total. The molecule has 1 amide bonds. The molecule has 0 unspecified atom stereocenters. The molecule has 0 atom stereocenters. The van der Waals surface area contributed by atoms with Gasteiger partial charge in [0.25, 0.3) is 11.6 Å². The first kappa shape index (κ1) is 23.1. The first-order chi connectivity index (χ1) is 16.5. The summed E-state index contributed by atoms with van der Waals surface area (Å²) in [5.41, 5.74) is 2.49. The van der Waals surface area contributed by atoms with Gasteiger partial charge >= 0.3 is 0 Å². The minimum Gasteiger partial charge on any atom is -0.497 e. The second-order valence-electron chi connectivity index (χ2n) is 7.25. The van der Waals surface area contributed by atoms with E-state index < -0.39 is 4.92 Å². The van der Waals surface area contributed by atoms with E-state index in [-0.39, 0.29) is 17.3 Å². The van der Waals surface area contributed by atoms with Crippen molar-refractivity contribution < 1.29 is 19.2 Å². The largest absolute Gasteiger partial charge is 0.497 e. The number of thioether (sulfide) groups is 1. The molecule has 0 saturated heterocycles. The van der Waals surface area contributed by atoms with Crippen molar-refractivity contribution in [2.45, 2.75) is 5.75 Å². The van der Waals surface area contributed by atoms with E-state index in [1.54, 1.807) is 56.7 Å². The van der Waals surface area contributed by atoms with Crippen LogP contribution in [-0.4, -0.2) is 30.2 Å². The van der Waals surface area contributed by atoms with Gasteiger partial charge < -0.3 is 9.47 Å². The van der Waals surface area contributed by atoms with Crippen LogP contribution in [0.4, 0.5) is 11.4 Å². The second kappa shape index (κ2) is 10.2. The van der Waals surface area contributed by atoms with Crippen molar-refractivity contribution in [1.82, 2.24) is 0 Å². The van der Waals surface area contributed by atoms with Crippen molar-refractivity contribution in [2.75, 3.05) is 19.1 Å². The van der Waals surface area contributed by atoms with Crippen LogP contribution in [0, 0.1) is 10.1 Å². The summed E-state index contributed by atoms with van der Waals surface area (Å²) in [5.74, 6) is 1.46. The molecule has 3 aromatic rings. The third-order valence-electron chi connectivity index (χ3n) is 5.05. The monoisotopic (exact) mass is 475 g/mol. The zero-order valence-electron chi connectivity index (χ0n) is 18.5. The number of hydrogen-bond acceptors (Lipinski definition) is 7. The topological polar surface area (TPSA) is 94.3 Å². The fourth-order valence-electron chi connectivity index (χ4n) is 3.34. The Morgan fingerprint density at radius 3 is 2.44 bits per heavy atom. The van der Waals surface area contributed by atoms with Crippen molar-refractivity contribution in [3.05, 3.63) is 99.7 Å². The zero-order valence-corrected chi connectivity index (χ0v) is 19.3. The van der Waals surface area contributed by atoms with Gasteiger partial charge in [-0.15, -0.1) is 0 Å². The molecular weight excluding hydrogens is 454 g/mol. The number of benzene rings is 3. The van der Waals surface area contributed by atoms with E-state index in [9.17, 15) is 14.9 Å². The number of aliphatic imine (C=N–C) groups is 1. The van der Waals surface area contributed by atoms with Crippen molar-refractivity contribution in [3.63, 3.8) is 0 Å². The van der Waals surface area contributed by atoms with E-state index in [4.69, 9.17) is 9.47 Å². The molecule has 0 radical (unpaired) electrons. The molecule has 8 nitrogen and oxygen atoms in total. The number of nitro benzene ring substituents is 1. The third kappa shape index (κ3) is 5.10. The van der Waals surface area contributed by atoms with Crippen LogP contribution in [0.1, 0.15) is 11.1 Å². The second-order valence-corrected chi connectivity index (χ2v) is 8.20. The van der Waals surface area contributed by atoms with Crippen LogP contribution in [0.2, 0.25) is 0 Å². The lowest BCUT2D eigenvalue weighted by atomic mass is 10.2. The van der Waals surface area contributed by atoms with Gasteiger partial charge in [0.05, 0.1) is 24.8 Å². The predicted octanol–water partition coefficient (Wildman–Crippen LogP) is 5.29. The summed E-state index contributed by atoms with van der Waals surface area (Å²) in [6.45, 7) is 0. The summed E-state index contributed by atoms with van der Waals surface area (Å²) in [6, 6.07) is 20.9. The molecule has 9 heteroatoms. The summed E-state index contributed by atoms with van der Waals surface area (Å²) in [4.78, 5) is 30.2. The molecule has 0 saturated carbocycles. The maximum absolute atomic E-state index is 13.4. The smallest absolute Gasteiger partial charge is 0.283 e. The van der Waals surface area contributed by atoms with Crippen LogP contribution in [-0.2, 0) is 10.5 Å². The number of nitro groups is 1. The summed E-state index contributed by atoms with van der Waals surface area (Å²) >= 11 is 1.33. The number of rotatable bonds is 7. The van der Waals surface area contributed by atoms with Crippen molar-refractivity contribution >= 4 is 40.3 Å². The first-order valence-corrected chi connectivity index (χ1v) is 11.3. The molecule has 1 aliphatic heterocycles. The number of non-ortho nitro benzene ring substituents is 1. The number of anilines is 1. The Balaban J connectivity index is 1.66. The number of nitrogens with zero attached hydrogens (tertiary/aromatic N) is 3. The summed E-state index contributed by atoms with van der Waals surface area (Å²) in [7, 11) is 3.15. The van der Waals surface area contributed by atoms with E-state index in [0.29, 0.717) is 22.4 Å². The highest BCUT2D eigenvalue weighted by Crippen LogP contribution is 2.33. The van der Waals surface area contributed by atoms with Crippen LogP contribution in [0.3, 0.4) is 0 Å². The minimum atomic E-state index is -0.428. The number of methoxy groups -OCH3 is 2. The molecule has 0 aromatic heterocycles. The highest BCUT2D eigenvalue weighted by Gasteiger charge is 2.32. The number of hydrogen-bond donors (Lipinski definition) is 0. The lowest BCUT2D eigenvalue weighted by molar-refractivity contribution is -0.384. The SMILES string of the molecule is COc1ccc(C=C2N=C(SCc3cccc([N+](=O)[O-])c3)N(c3cccc(OC)c3)C2=O)cc1. The van der Waals surface area contributed by atoms with Gasteiger partial charge in [-0.2, -0.15) is 0 Å². The van der Waals surface area contributed by atoms with Gasteiger partial charge in [0.2, 0.25) is 0 Å². The molecule has 1 aliphatic rings. The Morgan fingerprint density at radius 1 is 1.00 bits per heavy atom. The molecule has 34 heavy (non-hydrogen) atoms. The van der Waals surface area contributed by atoms with Crippen LogP contribution in [0.5, 0.6) is 11.5 Å². The lowest BCUT2D eigenvalue weighted by Gasteiger charge is -2.18. The van der Waals surface area contributed by atoms with Gasteiger partial charge in [0, 0.05) is 24.0 Å². The molecule has 1 heterocycles. The molecule has 172 valence electrons. The van der Waals surface area contributed by atoms with Crippen molar-refractivity contribution in [3.8, 4) is 11.5 Å². The van der Waals surface area contributed by atoms with Gasteiger partial charge in [-0.05, 0) is 41.5 Å². The Morgan fingerprint density at radius 2 is 1.74 bits per heavy atom. The zero-order chi connectivity index (χ0) is 24.1. The van der Waals surface area contributed by atoms with Gasteiger partial charge in [0.1, 0.15) is 17.2 Å². The molecule has 0 bridgehead atoms. The van der Waals surface area contributed by atoms with Gasteiger partial charge in [-0.3, -0.25) is 19.8 Å². The highest BCUT2D eigenvalue weighted by atomic mass is 32.2. The fourth-order valence-corrected chi connectivity index (χ4v) is 4.29. The molecule has 3 aromatic carbocycles. The number of carbonyl (C=O) groups is 1. The molecular formula is C25H21N3O5S. The van der Waals surface area contributed by atoms with Crippen LogP contribution < -0.4 is 14.4 Å². The van der Waals surface area contributed by atoms with Gasteiger partial charge in [0.15, 0.2) is 5.17 Å². The fraction of sp³-hybridized carbons (Fsp3) is 0.120. The number of amidine groups is 1. The van der Waals surface area contributed by atoms with Gasteiger partial charge in [-0.25, -0.2) is 4.99 Å². The summed E-state index contributed by atoms with van der Waals surface area (Å²) < 4.78 is 10.5.